The number of hydrogen-bond acceptors (Lipinski definition) is 2. The van der Waals surface area contributed by atoms with Crippen LogP contribution in [0.4, 0.5) is 0 Å². The number of carboxylic acid groups (broad SMARTS) is 1. The Bertz CT molecular complexity index is 304. The van der Waals surface area contributed by atoms with Crippen LogP contribution in [0.15, 0.2) is 0 Å². The third-order valence-corrected chi connectivity index (χ3v) is 4.94. The Labute approximate surface area is 90.5 Å². The van der Waals surface area contributed by atoms with E-state index in [1.54, 1.807) is 0 Å². The van der Waals surface area contributed by atoms with Crippen molar-refractivity contribution in [3.63, 3.8) is 0 Å². The number of rotatable bonds is 3. The molecule has 6 atom stereocenters. The Kier molecular flexibility index (Phi) is 1.91. The molecule has 2 aliphatic heterocycles. The lowest BCUT2D eigenvalue weighted by Gasteiger charge is -2.36. The van der Waals surface area contributed by atoms with E-state index >= 15 is 0 Å². The number of fused-ring (bicyclic) bond motifs is 1. The largest absolute Gasteiger partial charge is 0.481 e. The van der Waals surface area contributed by atoms with Gasteiger partial charge in [-0.1, -0.05) is 6.92 Å². The molecule has 15 heavy (non-hydrogen) atoms. The molecule has 3 heteroatoms. The predicted octanol–water partition coefficient (Wildman–Crippen LogP) is 1.44. The number of nitrogens with zero attached hydrogens (tertiary/aromatic N) is 1. The van der Waals surface area contributed by atoms with E-state index in [4.69, 9.17) is 5.11 Å². The molecule has 2 saturated heterocycles. The van der Waals surface area contributed by atoms with Gasteiger partial charge in [0.25, 0.3) is 0 Å². The molecule has 2 heterocycles. The average molecular weight is 209 g/mol. The summed E-state index contributed by atoms with van der Waals surface area (Å²) >= 11 is 0. The van der Waals surface area contributed by atoms with Crippen molar-refractivity contribution in [1.29, 1.82) is 0 Å². The summed E-state index contributed by atoms with van der Waals surface area (Å²) in [7, 11) is 0. The van der Waals surface area contributed by atoms with Crippen molar-refractivity contribution in [2.75, 3.05) is 6.54 Å². The first-order valence-corrected chi connectivity index (χ1v) is 6.08. The highest BCUT2D eigenvalue weighted by molar-refractivity contribution is 5.73. The number of hydrogen-bond donors (Lipinski definition) is 1. The molecule has 0 radical (unpaired) electrons. The Balaban J connectivity index is 1.68. The minimum atomic E-state index is -0.574. The fourth-order valence-electron chi connectivity index (χ4n) is 3.76. The Morgan fingerprint density at radius 2 is 2.13 bits per heavy atom. The van der Waals surface area contributed by atoms with Crippen LogP contribution in [0.2, 0.25) is 0 Å². The molecule has 4 fully saturated rings. The van der Waals surface area contributed by atoms with Gasteiger partial charge in [0.2, 0.25) is 0 Å². The zero-order chi connectivity index (χ0) is 10.7. The number of carboxylic acids is 1. The molecule has 0 aromatic carbocycles. The van der Waals surface area contributed by atoms with Crippen LogP contribution in [0, 0.1) is 23.7 Å². The van der Waals surface area contributed by atoms with E-state index in [0.717, 1.165) is 24.8 Å². The zero-order valence-electron chi connectivity index (χ0n) is 9.39. The van der Waals surface area contributed by atoms with Crippen LogP contribution in [0.25, 0.3) is 0 Å². The molecule has 3 nitrogen and oxygen atoms in total. The summed E-state index contributed by atoms with van der Waals surface area (Å²) in [6, 6.07) is 0.967. The standard InChI is InChI=1S/C12H19NO2/c1-6-3-9(6)7(2)13-5-8-4-10(13)11(8)12(14)15/h6-11H,3-5H2,1-2H3,(H,14,15). The van der Waals surface area contributed by atoms with Crippen molar-refractivity contribution < 1.29 is 9.90 Å². The van der Waals surface area contributed by atoms with E-state index in [0.29, 0.717) is 18.0 Å². The summed E-state index contributed by atoms with van der Waals surface area (Å²) in [6.45, 7) is 5.62. The molecule has 84 valence electrons. The third kappa shape index (κ3) is 1.25. The van der Waals surface area contributed by atoms with Crippen LogP contribution in [-0.4, -0.2) is 34.6 Å². The van der Waals surface area contributed by atoms with Gasteiger partial charge >= 0.3 is 5.97 Å². The van der Waals surface area contributed by atoms with E-state index in [2.05, 4.69) is 18.7 Å². The highest BCUT2D eigenvalue weighted by Crippen LogP contribution is 2.51. The normalized spacial score (nSPS) is 49.9. The van der Waals surface area contributed by atoms with Crippen LogP contribution in [0.3, 0.4) is 0 Å². The number of aliphatic carboxylic acids is 1. The molecule has 0 amide bonds. The molecule has 0 aromatic rings. The quantitative estimate of drug-likeness (QED) is 0.764. The Morgan fingerprint density at radius 3 is 2.60 bits per heavy atom. The van der Waals surface area contributed by atoms with Gasteiger partial charge in [-0.05, 0) is 37.5 Å². The van der Waals surface area contributed by atoms with Crippen molar-refractivity contribution in [3.05, 3.63) is 0 Å². The summed E-state index contributed by atoms with van der Waals surface area (Å²) in [4.78, 5) is 13.5. The molecular formula is C12H19NO2. The maximum Gasteiger partial charge on any atom is 0.308 e. The highest BCUT2D eigenvalue weighted by atomic mass is 16.4. The minimum absolute atomic E-state index is 0.0542. The lowest BCUT2D eigenvalue weighted by Crippen LogP contribution is -2.46. The monoisotopic (exact) mass is 209 g/mol. The fourth-order valence-corrected chi connectivity index (χ4v) is 3.76. The summed E-state index contributed by atoms with van der Waals surface area (Å²) < 4.78 is 0. The van der Waals surface area contributed by atoms with Crippen LogP contribution < -0.4 is 0 Å². The second kappa shape index (κ2) is 2.97. The lowest BCUT2D eigenvalue weighted by atomic mass is 9.74. The molecule has 2 saturated carbocycles. The Hall–Kier alpha value is -0.570. The highest BCUT2D eigenvalue weighted by Gasteiger charge is 2.58. The second-order valence-electron chi connectivity index (χ2n) is 5.74. The Morgan fingerprint density at radius 1 is 1.47 bits per heavy atom. The van der Waals surface area contributed by atoms with Gasteiger partial charge in [-0.15, -0.1) is 0 Å². The van der Waals surface area contributed by atoms with Crippen molar-refractivity contribution >= 4 is 5.97 Å². The maximum absolute atomic E-state index is 11.0. The van der Waals surface area contributed by atoms with Gasteiger partial charge in [0.1, 0.15) is 0 Å². The molecular weight excluding hydrogens is 190 g/mol. The first-order chi connectivity index (χ1) is 7.09. The van der Waals surface area contributed by atoms with Gasteiger partial charge in [0, 0.05) is 18.6 Å². The first-order valence-electron chi connectivity index (χ1n) is 6.08. The fraction of sp³-hybridized carbons (Fsp3) is 0.917. The molecule has 0 aromatic heterocycles. The zero-order valence-corrected chi connectivity index (χ0v) is 9.39. The summed E-state index contributed by atoms with van der Waals surface area (Å²) in [5.41, 5.74) is 0. The van der Waals surface area contributed by atoms with Gasteiger partial charge in [-0.3, -0.25) is 9.69 Å². The molecule has 0 spiro atoms. The maximum atomic E-state index is 11.0. The van der Waals surface area contributed by atoms with E-state index in [1.807, 2.05) is 0 Å². The van der Waals surface area contributed by atoms with Crippen molar-refractivity contribution in [2.45, 2.75) is 38.8 Å². The van der Waals surface area contributed by atoms with Gasteiger partial charge in [-0.2, -0.15) is 0 Å². The predicted molar refractivity (Wildman–Crippen MR) is 56.5 cm³/mol. The van der Waals surface area contributed by atoms with Gasteiger partial charge in [0.05, 0.1) is 5.92 Å². The van der Waals surface area contributed by atoms with Gasteiger partial charge in [0.15, 0.2) is 0 Å². The summed E-state index contributed by atoms with van der Waals surface area (Å²) in [6.07, 6.45) is 2.47. The molecule has 4 aliphatic rings. The molecule has 2 aliphatic carbocycles. The average Bonchev–Trinajstić information content (AvgIpc) is 2.64. The van der Waals surface area contributed by atoms with Gasteiger partial charge in [-0.25, -0.2) is 0 Å². The van der Waals surface area contributed by atoms with Crippen molar-refractivity contribution in [1.82, 2.24) is 4.90 Å². The van der Waals surface area contributed by atoms with Crippen LogP contribution in [-0.2, 0) is 4.79 Å². The van der Waals surface area contributed by atoms with Crippen LogP contribution in [0.5, 0.6) is 0 Å². The topological polar surface area (TPSA) is 40.5 Å². The molecule has 2 bridgehead atoms. The van der Waals surface area contributed by atoms with E-state index < -0.39 is 5.97 Å². The van der Waals surface area contributed by atoms with Crippen molar-refractivity contribution in [3.8, 4) is 0 Å². The second-order valence-corrected chi connectivity index (χ2v) is 5.74. The third-order valence-electron chi connectivity index (χ3n) is 4.94. The number of carbonyl (C=O) groups is 1. The van der Waals surface area contributed by atoms with Crippen LogP contribution >= 0.6 is 0 Å². The summed E-state index contributed by atoms with van der Waals surface area (Å²) in [5, 5.41) is 9.09. The van der Waals surface area contributed by atoms with E-state index in [-0.39, 0.29) is 5.92 Å². The molecule has 6 unspecified atom stereocenters. The summed E-state index contributed by atoms with van der Waals surface area (Å²) in [5.74, 6) is 1.51. The molecule has 1 N–H and O–H groups in total. The van der Waals surface area contributed by atoms with Gasteiger partial charge < -0.3 is 5.11 Å². The van der Waals surface area contributed by atoms with Crippen LogP contribution in [0.1, 0.15) is 26.7 Å². The minimum Gasteiger partial charge on any atom is -0.481 e. The lowest BCUT2D eigenvalue weighted by molar-refractivity contribution is -0.147. The first kappa shape index (κ1) is 9.64. The molecule has 4 rings (SSSR count). The van der Waals surface area contributed by atoms with E-state index in [9.17, 15) is 4.79 Å². The smallest absolute Gasteiger partial charge is 0.308 e. The van der Waals surface area contributed by atoms with Crippen molar-refractivity contribution in [2.24, 2.45) is 23.7 Å². The van der Waals surface area contributed by atoms with E-state index in [1.165, 1.54) is 6.42 Å². The SMILES string of the molecule is CC1CC1C(C)N1CC2CC1C2C(=O)O.